The van der Waals surface area contributed by atoms with E-state index in [1.54, 1.807) is 0 Å². The Kier molecular flexibility index (Phi) is 5.69. The van der Waals surface area contributed by atoms with Gasteiger partial charge in [0.2, 0.25) is 0 Å². The number of carbonyl (C=O) groups excluding carboxylic acids is 1. The topological polar surface area (TPSA) is 84.1 Å². The first-order valence-electron chi connectivity index (χ1n) is 6.53. The summed E-state index contributed by atoms with van der Waals surface area (Å²) in [5.41, 5.74) is 5.71. The molecule has 0 aromatic carbocycles. The molecule has 0 aliphatic heterocycles. The first kappa shape index (κ1) is 15.4. The average Bonchev–Trinajstić information content (AvgIpc) is 2.34. The molecule has 0 aliphatic rings. The van der Waals surface area contributed by atoms with E-state index in [2.05, 4.69) is 47.9 Å². The van der Waals surface area contributed by atoms with Crippen LogP contribution < -0.4 is 11.1 Å². The van der Waals surface area contributed by atoms with Crippen LogP contribution >= 0.6 is 0 Å². The van der Waals surface area contributed by atoms with E-state index >= 15 is 0 Å². The molecule has 6 nitrogen and oxygen atoms in total. The molecule has 1 amide bonds. The van der Waals surface area contributed by atoms with Gasteiger partial charge in [-0.2, -0.15) is 0 Å². The van der Waals surface area contributed by atoms with E-state index in [1.807, 2.05) is 0 Å². The highest BCUT2D eigenvalue weighted by Crippen LogP contribution is 2.03. The second kappa shape index (κ2) is 7.04. The third kappa shape index (κ3) is 4.82. The van der Waals surface area contributed by atoms with Gasteiger partial charge >= 0.3 is 0 Å². The first-order valence-corrected chi connectivity index (χ1v) is 6.53. The van der Waals surface area contributed by atoms with Crippen molar-refractivity contribution in [1.29, 1.82) is 0 Å². The monoisotopic (exact) mass is 265 g/mol. The molecule has 6 heteroatoms. The van der Waals surface area contributed by atoms with Crippen molar-refractivity contribution in [3.8, 4) is 0 Å². The fraction of sp³-hybridized carbons (Fsp3) is 0.615. The number of anilines is 1. The van der Waals surface area contributed by atoms with Crippen molar-refractivity contribution in [2.24, 2.45) is 0 Å². The van der Waals surface area contributed by atoms with Crippen LogP contribution in [0.4, 0.5) is 5.82 Å². The lowest BCUT2D eigenvalue weighted by atomic mass is 10.2. The van der Waals surface area contributed by atoms with E-state index in [9.17, 15) is 4.79 Å². The largest absolute Gasteiger partial charge is 0.382 e. The number of nitrogens with two attached hydrogens (primary N) is 1. The molecule has 0 radical (unpaired) electrons. The summed E-state index contributed by atoms with van der Waals surface area (Å²) in [6.45, 7) is 9.98. The fourth-order valence-electron chi connectivity index (χ4n) is 1.96. The average molecular weight is 265 g/mol. The lowest BCUT2D eigenvalue weighted by Crippen LogP contribution is -2.42. The van der Waals surface area contributed by atoms with Crippen LogP contribution in [0.1, 0.15) is 38.2 Å². The Bertz CT molecular complexity index is 394. The van der Waals surface area contributed by atoms with Crippen molar-refractivity contribution in [2.45, 2.75) is 39.8 Å². The number of amides is 1. The summed E-state index contributed by atoms with van der Waals surface area (Å²) in [5.74, 6) is 0.0855. The Morgan fingerprint density at radius 2 is 1.89 bits per heavy atom. The second-order valence-electron chi connectivity index (χ2n) is 5.01. The van der Waals surface area contributed by atoms with E-state index < -0.39 is 0 Å². The Balaban J connectivity index is 2.44. The molecule has 0 saturated heterocycles. The summed E-state index contributed by atoms with van der Waals surface area (Å²) in [4.78, 5) is 21.9. The van der Waals surface area contributed by atoms with Gasteiger partial charge in [-0.3, -0.25) is 9.69 Å². The maximum Gasteiger partial charge on any atom is 0.271 e. The minimum absolute atomic E-state index is 0.222. The van der Waals surface area contributed by atoms with Gasteiger partial charge in [0.25, 0.3) is 5.91 Å². The van der Waals surface area contributed by atoms with Gasteiger partial charge in [-0.15, -0.1) is 0 Å². The summed E-state index contributed by atoms with van der Waals surface area (Å²) in [6, 6.07) is 0.904. The number of nitrogens with zero attached hydrogens (tertiary/aromatic N) is 3. The highest BCUT2D eigenvalue weighted by molar-refractivity contribution is 5.91. The van der Waals surface area contributed by atoms with Gasteiger partial charge in [0.15, 0.2) is 0 Å². The number of hydrogen-bond donors (Lipinski definition) is 2. The molecule has 0 aliphatic carbocycles. The summed E-state index contributed by atoms with van der Waals surface area (Å²) in [5, 5.41) is 2.83. The van der Waals surface area contributed by atoms with Crippen LogP contribution in [0.15, 0.2) is 12.4 Å². The Morgan fingerprint density at radius 1 is 1.26 bits per heavy atom. The number of aromatic nitrogens is 2. The molecule has 0 saturated carbocycles. The third-order valence-electron chi connectivity index (χ3n) is 2.89. The van der Waals surface area contributed by atoms with E-state index in [0.717, 1.165) is 6.54 Å². The zero-order valence-electron chi connectivity index (χ0n) is 12.1. The van der Waals surface area contributed by atoms with Gasteiger partial charge < -0.3 is 11.1 Å². The van der Waals surface area contributed by atoms with E-state index in [4.69, 9.17) is 5.73 Å². The molecule has 0 atom stereocenters. The quantitative estimate of drug-likeness (QED) is 0.798. The van der Waals surface area contributed by atoms with Gasteiger partial charge in [0, 0.05) is 25.2 Å². The van der Waals surface area contributed by atoms with Crippen molar-refractivity contribution >= 4 is 11.7 Å². The smallest absolute Gasteiger partial charge is 0.271 e. The van der Waals surface area contributed by atoms with Crippen LogP contribution in [-0.2, 0) is 0 Å². The summed E-state index contributed by atoms with van der Waals surface area (Å²) < 4.78 is 0. The van der Waals surface area contributed by atoms with Gasteiger partial charge in [-0.25, -0.2) is 9.97 Å². The maximum absolute atomic E-state index is 11.8. The van der Waals surface area contributed by atoms with Crippen LogP contribution in [0, 0.1) is 0 Å². The predicted molar refractivity (Wildman–Crippen MR) is 75.8 cm³/mol. The van der Waals surface area contributed by atoms with Crippen molar-refractivity contribution in [2.75, 3.05) is 18.8 Å². The zero-order chi connectivity index (χ0) is 14.4. The Hall–Kier alpha value is -1.69. The van der Waals surface area contributed by atoms with Gasteiger partial charge in [0.05, 0.1) is 12.4 Å². The summed E-state index contributed by atoms with van der Waals surface area (Å²) in [6.07, 6.45) is 2.76. The fourth-order valence-corrected chi connectivity index (χ4v) is 1.96. The highest BCUT2D eigenvalue weighted by Gasteiger charge is 2.13. The number of nitrogen functional groups attached to an aromatic ring is 1. The number of rotatable bonds is 6. The molecule has 0 bridgehead atoms. The number of hydrogen-bond acceptors (Lipinski definition) is 5. The molecule has 1 aromatic rings. The zero-order valence-corrected chi connectivity index (χ0v) is 12.1. The molecule has 1 rings (SSSR count). The van der Waals surface area contributed by atoms with Crippen molar-refractivity contribution in [3.63, 3.8) is 0 Å². The SMILES string of the molecule is CC(C)N(CCNC(=O)c1cnc(N)cn1)C(C)C. The molecule has 0 spiro atoms. The van der Waals surface area contributed by atoms with Gasteiger partial charge in [0.1, 0.15) is 11.5 Å². The van der Waals surface area contributed by atoms with Crippen molar-refractivity contribution < 1.29 is 4.79 Å². The lowest BCUT2D eigenvalue weighted by molar-refractivity contribution is 0.0934. The first-order chi connectivity index (χ1) is 8.91. The minimum Gasteiger partial charge on any atom is -0.382 e. The van der Waals surface area contributed by atoms with Crippen LogP contribution in [0.5, 0.6) is 0 Å². The highest BCUT2D eigenvalue weighted by atomic mass is 16.1. The Morgan fingerprint density at radius 3 is 2.37 bits per heavy atom. The van der Waals surface area contributed by atoms with Crippen LogP contribution in [0.25, 0.3) is 0 Å². The third-order valence-corrected chi connectivity index (χ3v) is 2.89. The minimum atomic E-state index is -0.222. The molecule has 3 N–H and O–H groups in total. The molecule has 106 valence electrons. The molecule has 1 heterocycles. The number of carbonyl (C=O) groups is 1. The Labute approximate surface area is 114 Å². The molecule has 0 unspecified atom stereocenters. The van der Waals surface area contributed by atoms with E-state index in [-0.39, 0.29) is 11.6 Å². The molecule has 19 heavy (non-hydrogen) atoms. The molecular weight excluding hydrogens is 242 g/mol. The molecule has 1 aromatic heterocycles. The van der Waals surface area contributed by atoms with Crippen LogP contribution in [-0.4, -0.2) is 45.9 Å². The number of nitrogens with one attached hydrogen (secondary N) is 1. The van der Waals surface area contributed by atoms with Crippen molar-refractivity contribution in [3.05, 3.63) is 18.1 Å². The molecule has 0 fully saturated rings. The van der Waals surface area contributed by atoms with Gasteiger partial charge in [-0.05, 0) is 27.7 Å². The lowest BCUT2D eigenvalue weighted by Gasteiger charge is -2.30. The summed E-state index contributed by atoms with van der Waals surface area (Å²) >= 11 is 0. The van der Waals surface area contributed by atoms with Crippen LogP contribution in [0.2, 0.25) is 0 Å². The predicted octanol–water partition coefficient (Wildman–Crippen LogP) is 0.907. The second-order valence-corrected chi connectivity index (χ2v) is 5.01. The maximum atomic E-state index is 11.8. The normalized spacial score (nSPS) is 11.3. The van der Waals surface area contributed by atoms with E-state index in [1.165, 1.54) is 12.4 Å². The van der Waals surface area contributed by atoms with Crippen molar-refractivity contribution in [1.82, 2.24) is 20.2 Å². The van der Waals surface area contributed by atoms with Gasteiger partial charge in [-0.1, -0.05) is 0 Å². The van der Waals surface area contributed by atoms with Crippen LogP contribution in [0.3, 0.4) is 0 Å². The standard InChI is InChI=1S/C13H23N5O/c1-9(2)18(10(3)4)6-5-15-13(19)11-7-17-12(14)8-16-11/h7-10H,5-6H2,1-4H3,(H2,14,17)(H,15,19). The van der Waals surface area contributed by atoms with E-state index in [0.29, 0.717) is 24.4 Å². The molecular formula is C13H23N5O. The summed E-state index contributed by atoms with van der Waals surface area (Å²) in [7, 11) is 0.